The van der Waals surface area contributed by atoms with Gasteiger partial charge in [-0.2, -0.15) is 4.98 Å². The maximum atomic E-state index is 14.1. The highest BCUT2D eigenvalue weighted by Gasteiger charge is 2.36. The molecule has 4 aromatic rings. The molecule has 1 aromatic heterocycles. The highest BCUT2D eigenvalue weighted by Crippen LogP contribution is 2.40. The Labute approximate surface area is 207 Å². The summed E-state index contributed by atoms with van der Waals surface area (Å²) in [6, 6.07) is 18.2. The van der Waals surface area contributed by atoms with Gasteiger partial charge in [-0.15, -0.1) is 0 Å². The molecule has 3 aromatic carbocycles. The number of hydrogen-bond donors (Lipinski definition) is 1. The second-order valence-electron chi connectivity index (χ2n) is 8.50. The third-order valence-electron chi connectivity index (χ3n) is 6.01. The number of hydrogen-bond acceptors (Lipinski definition) is 4. The minimum absolute atomic E-state index is 0.233. The van der Waals surface area contributed by atoms with E-state index in [0.29, 0.717) is 33.4 Å². The molecule has 0 fully saturated rings. The van der Waals surface area contributed by atoms with Crippen LogP contribution in [-0.4, -0.2) is 16.2 Å². The number of benzene rings is 3. The van der Waals surface area contributed by atoms with Crippen LogP contribution in [0.15, 0.2) is 77.0 Å². The predicted molar refractivity (Wildman–Crippen MR) is 133 cm³/mol. The highest BCUT2D eigenvalue weighted by molar-refractivity contribution is 6.31. The molecule has 0 saturated heterocycles. The Kier molecular flexibility index (Phi) is 5.86. The third-order valence-corrected chi connectivity index (χ3v) is 6.42. The first-order chi connectivity index (χ1) is 16.8. The van der Waals surface area contributed by atoms with E-state index >= 15 is 0 Å². The second-order valence-corrected chi connectivity index (χ2v) is 8.91. The van der Waals surface area contributed by atoms with E-state index in [0.717, 1.165) is 16.7 Å². The number of urea groups is 1. The number of aryl methyl sites for hydroxylation is 2. The lowest BCUT2D eigenvalue weighted by atomic mass is 9.94. The van der Waals surface area contributed by atoms with Crippen LogP contribution in [-0.2, 0) is 0 Å². The largest absolute Gasteiger partial charge is 0.334 e. The van der Waals surface area contributed by atoms with Crippen LogP contribution >= 0.6 is 11.6 Å². The summed E-state index contributed by atoms with van der Waals surface area (Å²) in [4.78, 5) is 19.4. The number of nitrogens with zero attached hydrogens (tertiary/aromatic N) is 3. The molecule has 5 rings (SSSR count). The molecule has 35 heavy (non-hydrogen) atoms. The zero-order valence-electron chi connectivity index (χ0n) is 19.3. The molecular weight excluding hydrogens is 467 g/mol. The van der Waals surface area contributed by atoms with Crippen molar-refractivity contribution >= 4 is 28.9 Å². The molecule has 2 heterocycles. The van der Waals surface area contributed by atoms with Crippen molar-refractivity contribution in [2.24, 2.45) is 0 Å². The number of rotatable bonds is 4. The fourth-order valence-electron chi connectivity index (χ4n) is 4.22. The molecule has 0 spiro atoms. The molecule has 1 unspecified atom stereocenters. The lowest BCUT2D eigenvalue weighted by Gasteiger charge is -2.35. The summed E-state index contributed by atoms with van der Waals surface area (Å²) in [5.74, 6) is 0.243. The number of amides is 2. The second kappa shape index (κ2) is 9.00. The van der Waals surface area contributed by atoms with E-state index in [1.807, 2.05) is 50.2 Å². The van der Waals surface area contributed by atoms with Crippen LogP contribution in [0.25, 0.3) is 17.0 Å². The van der Waals surface area contributed by atoms with E-state index in [-0.39, 0.29) is 11.9 Å². The predicted octanol–water partition coefficient (Wildman–Crippen LogP) is 6.85. The third kappa shape index (κ3) is 4.31. The lowest BCUT2D eigenvalue weighted by Crippen LogP contribution is -2.46. The van der Waals surface area contributed by atoms with Crippen LogP contribution in [0.2, 0.25) is 5.02 Å². The molecule has 2 amide bonds. The van der Waals surface area contributed by atoms with Crippen molar-refractivity contribution in [3.8, 4) is 11.4 Å². The van der Waals surface area contributed by atoms with E-state index in [2.05, 4.69) is 15.5 Å². The van der Waals surface area contributed by atoms with Crippen molar-refractivity contribution in [3.05, 3.63) is 106 Å². The average Bonchev–Trinajstić information content (AvgIpc) is 3.31. The maximum absolute atomic E-state index is 14.1. The summed E-state index contributed by atoms with van der Waals surface area (Å²) in [6.07, 6.45) is 0. The van der Waals surface area contributed by atoms with Gasteiger partial charge in [0.2, 0.25) is 5.82 Å². The molecule has 0 aliphatic carbocycles. The summed E-state index contributed by atoms with van der Waals surface area (Å²) >= 11 is 6.35. The number of nitrogens with one attached hydrogen (secondary N) is 1. The number of carbonyl (C=O) groups excluding carboxylic acids is 1. The first-order valence-corrected chi connectivity index (χ1v) is 11.4. The van der Waals surface area contributed by atoms with E-state index < -0.39 is 11.9 Å². The van der Waals surface area contributed by atoms with E-state index in [9.17, 15) is 9.18 Å². The first kappa shape index (κ1) is 22.8. The summed E-state index contributed by atoms with van der Waals surface area (Å²) in [7, 11) is 0. The molecule has 0 saturated carbocycles. The Hall–Kier alpha value is -3.97. The van der Waals surface area contributed by atoms with Crippen LogP contribution in [0, 0.1) is 19.7 Å². The minimum Gasteiger partial charge on any atom is -0.334 e. The van der Waals surface area contributed by atoms with Crippen molar-refractivity contribution < 1.29 is 13.7 Å². The SMILES string of the molecule is CC1=C(c2nc(-c3cccc(C)c3)no2)C(c2cccc(F)c2)NC(=O)N1c1ccc(C)c(Cl)c1. The smallest absolute Gasteiger partial charge is 0.326 e. The highest BCUT2D eigenvalue weighted by atomic mass is 35.5. The van der Waals surface area contributed by atoms with Gasteiger partial charge in [-0.1, -0.05) is 58.7 Å². The molecule has 8 heteroatoms. The average molecular weight is 489 g/mol. The Morgan fingerprint density at radius 2 is 1.83 bits per heavy atom. The molecule has 1 N–H and O–H groups in total. The normalized spacial score (nSPS) is 16.0. The molecule has 176 valence electrons. The van der Waals surface area contributed by atoms with Crippen molar-refractivity contribution in [3.63, 3.8) is 0 Å². The van der Waals surface area contributed by atoms with Gasteiger partial charge in [0.25, 0.3) is 5.89 Å². The van der Waals surface area contributed by atoms with Crippen molar-refractivity contribution in [2.75, 3.05) is 4.90 Å². The van der Waals surface area contributed by atoms with Gasteiger partial charge in [0.05, 0.1) is 17.3 Å². The fraction of sp³-hybridized carbons (Fsp3) is 0.148. The first-order valence-electron chi connectivity index (χ1n) is 11.1. The summed E-state index contributed by atoms with van der Waals surface area (Å²) in [5, 5.41) is 7.69. The number of anilines is 1. The molecule has 6 nitrogen and oxygen atoms in total. The van der Waals surface area contributed by atoms with Gasteiger partial charge in [0.1, 0.15) is 5.82 Å². The van der Waals surface area contributed by atoms with E-state index in [1.165, 1.54) is 17.0 Å². The molecule has 0 radical (unpaired) electrons. The van der Waals surface area contributed by atoms with E-state index in [1.54, 1.807) is 25.1 Å². The number of carbonyl (C=O) groups is 1. The Morgan fingerprint density at radius 1 is 1.03 bits per heavy atom. The van der Waals surface area contributed by atoms with Gasteiger partial charge in [0.15, 0.2) is 0 Å². The van der Waals surface area contributed by atoms with E-state index in [4.69, 9.17) is 16.1 Å². The summed E-state index contributed by atoms with van der Waals surface area (Å²) in [6.45, 7) is 5.67. The molecule has 1 aliphatic heterocycles. The van der Waals surface area contributed by atoms with Crippen molar-refractivity contribution in [2.45, 2.75) is 26.8 Å². The van der Waals surface area contributed by atoms with Gasteiger partial charge in [-0.25, -0.2) is 9.18 Å². The maximum Gasteiger partial charge on any atom is 0.326 e. The molecular formula is C27H22ClFN4O2. The van der Waals surface area contributed by atoms with Gasteiger partial charge in [0, 0.05) is 16.3 Å². The van der Waals surface area contributed by atoms with Crippen molar-refractivity contribution in [1.29, 1.82) is 0 Å². The summed E-state index contributed by atoms with van der Waals surface area (Å²) in [5.41, 5.74) is 5.05. The fourth-order valence-corrected chi connectivity index (χ4v) is 4.40. The zero-order chi connectivity index (χ0) is 24.7. The Balaban J connectivity index is 1.67. The standard InChI is InChI=1S/C27H22ClFN4O2/c1-15-6-4-8-19(12-15)25-31-26(35-32-25)23-17(3)33(21-11-10-16(2)22(28)14-21)27(34)30-24(23)18-7-5-9-20(29)13-18/h4-14,24H,1-3H3,(H,30,34). The molecule has 1 aliphatic rings. The number of halogens is 2. The lowest BCUT2D eigenvalue weighted by molar-refractivity contribution is 0.244. The quantitative estimate of drug-likeness (QED) is 0.341. The summed E-state index contributed by atoms with van der Waals surface area (Å²) < 4.78 is 19.8. The Bertz CT molecular complexity index is 1480. The monoisotopic (exact) mass is 488 g/mol. The van der Waals surface area contributed by atoms with Crippen LogP contribution < -0.4 is 10.2 Å². The van der Waals surface area contributed by atoms with Crippen LogP contribution in [0.1, 0.15) is 35.5 Å². The van der Waals surface area contributed by atoms with Gasteiger partial charge in [-0.05, 0) is 62.2 Å². The zero-order valence-corrected chi connectivity index (χ0v) is 20.1. The molecule has 0 bridgehead atoms. The topological polar surface area (TPSA) is 71.3 Å². The Morgan fingerprint density at radius 3 is 2.57 bits per heavy atom. The molecule has 1 atom stereocenters. The van der Waals surface area contributed by atoms with Crippen LogP contribution in [0.5, 0.6) is 0 Å². The van der Waals surface area contributed by atoms with Gasteiger partial charge < -0.3 is 9.84 Å². The van der Waals surface area contributed by atoms with Gasteiger partial charge >= 0.3 is 6.03 Å². The number of aromatic nitrogens is 2. The minimum atomic E-state index is -0.693. The van der Waals surface area contributed by atoms with Gasteiger partial charge in [-0.3, -0.25) is 4.90 Å². The van der Waals surface area contributed by atoms with Crippen LogP contribution in [0.3, 0.4) is 0 Å². The van der Waals surface area contributed by atoms with Crippen molar-refractivity contribution in [1.82, 2.24) is 15.5 Å². The number of allylic oxidation sites excluding steroid dienone is 1. The van der Waals surface area contributed by atoms with Crippen LogP contribution in [0.4, 0.5) is 14.9 Å².